The Bertz CT molecular complexity index is 406. The van der Waals surface area contributed by atoms with E-state index in [2.05, 4.69) is 5.32 Å². The van der Waals surface area contributed by atoms with Crippen LogP contribution in [0.15, 0.2) is 24.3 Å². The van der Waals surface area contributed by atoms with Gasteiger partial charge in [0.15, 0.2) is 0 Å². The fourth-order valence-corrected chi connectivity index (χ4v) is 2.23. The third kappa shape index (κ3) is 2.97. The molecule has 4 heteroatoms. The number of nitrogens with one attached hydrogen (secondary N) is 1. The van der Waals surface area contributed by atoms with Crippen molar-refractivity contribution < 1.29 is 9.53 Å². The van der Waals surface area contributed by atoms with Gasteiger partial charge in [-0.2, -0.15) is 0 Å². The quantitative estimate of drug-likeness (QED) is 0.780. The molecular formula is C13H18N2O2. The number of hydrogen-bond acceptors (Lipinski definition) is 3. The zero-order valence-electron chi connectivity index (χ0n) is 9.98. The molecular weight excluding hydrogens is 216 g/mol. The van der Waals surface area contributed by atoms with Crippen LogP contribution in [0.1, 0.15) is 29.6 Å². The van der Waals surface area contributed by atoms with Crippen molar-refractivity contribution in [1.82, 2.24) is 5.32 Å². The van der Waals surface area contributed by atoms with Gasteiger partial charge in [-0.05, 0) is 37.5 Å². The Morgan fingerprint density at radius 3 is 2.94 bits per heavy atom. The first kappa shape index (κ1) is 11.9. The molecule has 2 atom stereocenters. The van der Waals surface area contributed by atoms with Crippen molar-refractivity contribution >= 4 is 11.6 Å². The molecule has 1 amide bonds. The summed E-state index contributed by atoms with van der Waals surface area (Å²) in [6, 6.07) is 7.24. The van der Waals surface area contributed by atoms with Gasteiger partial charge in [0.25, 0.3) is 5.91 Å². The molecule has 1 aromatic carbocycles. The second kappa shape index (κ2) is 5.19. The number of ether oxygens (including phenoxy) is 1. The summed E-state index contributed by atoms with van der Waals surface area (Å²) < 4.78 is 5.28. The lowest BCUT2D eigenvalue weighted by Crippen LogP contribution is -2.33. The van der Waals surface area contributed by atoms with Crippen LogP contribution in [0.25, 0.3) is 0 Å². The second-order valence-corrected chi connectivity index (χ2v) is 4.47. The molecule has 2 unspecified atom stereocenters. The number of hydrogen-bond donors (Lipinski definition) is 2. The molecule has 0 aromatic heterocycles. The van der Waals surface area contributed by atoms with Gasteiger partial charge in [0, 0.05) is 24.4 Å². The summed E-state index contributed by atoms with van der Waals surface area (Å²) >= 11 is 0. The molecule has 0 bridgehead atoms. The maximum Gasteiger partial charge on any atom is 0.251 e. The van der Waals surface area contributed by atoms with Crippen LogP contribution in [0.5, 0.6) is 0 Å². The molecule has 1 aromatic rings. The summed E-state index contributed by atoms with van der Waals surface area (Å²) in [7, 11) is 1.72. The van der Waals surface area contributed by atoms with Crippen molar-refractivity contribution in [2.24, 2.45) is 0 Å². The minimum absolute atomic E-state index is 0.0564. The lowest BCUT2D eigenvalue weighted by atomic mass is 10.1. The number of carbonyl (C=O) groups is 1. The predicted molar refractivity (Wildman–Crippen MR) is 66.8 cm³/mol. The smallest absolute Gasteiger partial charge is 0.251 e. The lowest BCUT2D eigenvalue weighted by Gasteiger charge is -2.13. The van der Waals surface area contributed by atoms with E-state index < -0.39 is 0 Å². The van der Waals surface area contributed by atoms with E-state index in [1.54, 1.807) is 31.4 Å². The molecule has 0 heterocycles. The summed E-state index contributed by atoms with van der Waals surface area (Å²) in [5, 5.41) is 3.01. The number of amides is 1. The first-order chi connectivity index (χ1) is 8.19. The molecule has 92 valence electrons. The van der Waals surface area contributed by atoms with Crippen LogP contribution in [0, 0.1) is 0 Å². The Morgan fingerprint density at radius 1 is 1.47 bits per heavy atom. The van der Waals surface area contributed by atoms with Crippen molar-refractivity contribution in [3.63, 3.8) is 0 Å². The van der Waals surface area contributed by atoms with E-state index in [4.69, 9.17) is 10.5 Å². The Kier molecular flexibility index (Phi) is 3.64. The minimum atomic E-state index is -0.0564. The number of rotatable bonds is 3. The topological polar surface area (TPSA) is 64.3 Å². The van der Waals surface area contributed by atoms with Gasteiger partial charge >= 0.3 is 0 Å². The molecule has 0 spiro atoms. The highest BCUT2D eigenvalue weighted by atomic mass is 16.5. The first-order valence-corrected chi connectivity index (χ1v) is 5.88. The zero-order chi connectivity index (χ0) is 12.3. The summed E-state index contributed by atoms with van der Waals surface area (Å²) in [5.41, 5.74) is 6.87. The van der Waals surface area contributed by atoms with Gasteiger partial charge in [-0.25, -0.2) is 0 Å². The van der Waals surface area contributed by atoms with Crippen LogP contribution in [0.2, 0.25) is 0 Å². The second-order valence-electron chi connectivity index (χ2n) is 4.47. The maximum absolute atomic E-state index is 11.9. The Balaban J connectivity index is 1.94. The highest BCUT2D eigenvalue weighted by Gasteiger charge is 2.25. The van der Waals surface area contributed by atoms with Gasteiger partial charge in [-0.15, -0.1) is 0 Å². The first-order valence-electron chi connectivity index (χ1n) is 5.88. The predicted octanol–water partition coefficient (Wildman–Crippen LogP) is 1.57. The zero-order valence-corrected chi connectivity index (χ0v) is 9.98. The summed E-state index contributed by atoms with van der Waals surface area (Å²) in [6.07, 6.45) is 3.16. The molecule has 2 rings (SSSR count). The third-order valence-electron chi connectivity index (χ3n) is 3.20. The Labute approximate surface area is 101 Å². The van der Waals surface area contributed by atoms with E-state index in [-0.39, 0.29) is 18.1 Å². The fraction of sp³-hybridized carbons (Fsp3) is 0.462. The molecule has 3 N–H and O–H groups in total. The number of anilines is 1. The van der Waals surface area contributed by atoms with Crippen LogP contribution in [0.3, 0.4) is 0 Å². The molecule has 0 saturated heterocycles. The van der Waals surface area contributed by atoms with E-state index >= 15 is 0 Å². The van der Waals surface area contributed by atoms with Crippen LogP contribution in [-0.2, 0) is 4.74 Å². The molecule has 1 fully saturated rings. The SMILES string of the molecule is COC1CCC(NC(=O)c2cccc(N)c2)C1. The van der Waals surface area contributed by atoms with Crippen LogP contribution in [0.4, 0.5) is 5.69 Å². The monoisotopic (exact) mass is 234 g/mol. The van der Waals surface area contributed by atoms with E-state index in [9.17, 15) is 4.79 Å². The van der Waals surface area contributed by atoms with Crippen molar-refractivity contribution in [3.8, 4) is 0 Å². The number of nitrogen functional groups attached to an aromatic ring is 1. The number of nitrogens with two attached hydrogens (primary N) is 1. The van der Waals surface area contributed by atoms with Gasteiger partial charge in [-0.1, -0.05) is 6.07 Å². The minimum Gasteiger partial charge on any atom is -0.399 e. The molecule has 0 radical (unpaired) electrons. The van der Waals surface area contributed by atoms with E-state index in [1.165, 1.54) is 0 Å². The van der Waals surface area contributed by atoms with Gasteiger partial charge in [0.1, 0.15) is 0 Å². The van der Waals surface area contributed by atoms with Crippen molar-refractivity contribution in [1.29, 1.82) is 0 Å². The maximum atomic E-state index is 11.9. The van der Waals surface area contributed by atoms with E-state index in [0.29, 0.717) is 11.3 Å². The third-order valence-corrected chi connectivity index (χ3v) is 3.20. The van der Waals surface area contributed by atoms with Crippen molar-refractivity contribution in [2.45, 2.75) is 31.4 Å². The van der Waals surface area contributed by atoms with E-state index in [0.717, 1.165) is 19.3 Å². The van der Waals surface area contributed by atoms with Gasteiger partial charge < -0.3 is 15.8 Å². The van der Waals surface area contributed by atoms with Crippen molar-refractivity contribution in [2.75, 3.05) is 12.8 Å². The average molecular weight is 234 g/mol. The molecule has 4 nitrogen and oxygen atoms in total. The number of benzene rings is 1. The molecule has 1 aliphatic carbocycles. The highest BCUT2D eigenvalue weighted by Crippen LogP contribution is 2.21. The van der Waals surface area contributed by atoms with Crippen molar-refractivity contribution in [3.05, 3.63) is 29.8 Å². The van der Waals surface area contributed by atoms with Gasteiger partial charge in [0.2, 0.25) is 0 Å². The van der Waals surface area contributed by atoms with Crippen LogP contribution >= 0.6 is 0 Å². The van der Waals surface area contributed by atoms with Crippen LogP contribution in [-0.4, -0.2) is 25.2 Å². The highest BCUT2D eigenvalue weighted by molar-refractivity contribution is 5.95. The number of carbonyl (C=O) groups excluding carboxylic acids is 1. The summed E-state index contributed by atoms with van der Waals surface area (Å²) in [6.45, 7) is 0. The normalized spacial score (nSPS) is 23.6. The Morgan fingerprint density at radius 2 is 2.29 bits per heavy atom. The van der Waals surface area contributed by atoms with E-state index in [1.807, 2.05) is 0 Å². The number of methoxy groups -OCH3 is 1. The molecule has 1 saturated carbocycles. The molecule has 17 heavy (non-hydrogen) atoms. The fourth-order valence-electron chi connectivity index (χ4n) is 2.23. The summed E-state index contributed by atoms with van der Waals surface area (Å²) in [4.78, 5) is 11.9. The summed E-state index contributed by atoms with van der Waals surface area (Å²) in [5.74, 6) is -0.0564. The largest absolute Gasteiger partial charge is 0.399 e. The molecule has 1 aliphatic rings. The average Bonchev–Trinajstić information content (AvgIpc) is 2.77. The molecule has 0 aliphatic heterocycles. The van der Waals surface area contributed by atoms with Gasteiger partial charge in [0.05, 0.1) is 6.10 Å². The van der Waals surface area contributed by atoms with Gasteiger partial charge in [-0.3, -0.25) is 4.79 Å². The Hall–Kier alpha value is -1.55. The lowest BCUT2D eigenvalue weighted by molar-refractivity contribution is 0.0915. The standard InChI is InChI=1S/C13H18N2O2/c1-17-12-6-5-11(8-12)15-13(16)9-3-2-4-10(14)7-9/h2-4,7,11-12H,5-6,8,14H2,1H3,(H,15,16). The van der Waals surface area contributed by atoms with Crippen LogP contribution < -0.4 is 11.1 Å².